The SMILES string of the molecule is c1ccc(-c2cc3nc(-n4c5ccc(-c6cccc7c8ccccc8n(-c8ccccc8)c67)cc5c5cc6ccccc6cc54)nc(-c4ccc(N(c5ccccc5)c5ccccc5)cc4)c3s2)cc1. The second-order valence-electron chi connectivity index (χ2n) is 17.8. The van der Waals surface area contributed by atoms with Crippen molar-refractivity contribution in [2.24, 2.45) is 0 Å². The summed E-state index contributed by atoms with van der Waals surface area (Å²) in [6.45, 7) is 0. The number of hydrogen-bond donors (Lipinski definition) is 0. The van der Waals surface area contributed by atoms with E-state index in [1.165, 1.54) is 32.8 Å². The Labute approximate surface area is 408 Å². The third-order valence-corrected chi connectivity index (χ3v) is 14.9. The number of nitrogens with zero attached hydrogens (tertiary/aromatic N) is 5. The van der Waals surface area contributed by atoms with Crippen LogP contribution in [0, 0.1) is 0 Å². The number of benzene rings is 10. The molecule has 0 aliphatic carbocycles. The minimum absolute atomic E-state index is 0.633. The molecule has 0 spiro atoms. The van der Waals surface area contributed by atoms with Gasteiger partial charge in [0.2, 0.25) is 5.95 Å². The van der Waals surface area contributed by atoms with Gasteiger partial charge in [0.1, 0.15) is 0 Å². The largest absolute Gasteiger partial charge is 0.311 e. The molecule has 14 aromatic rings. The number of fused-ring (bicyclic) bond motifs is 8. The van der Waals surface area contributed by atoms with Gasteiger partial charge in [0.15, 0.2) is 0 Å². The summed E-state index contributed by atoms with van der Waals surface area (Å²) in [6.07, 6.45) is 0. The molecule has 14 rings (SSSR count). The Balaban J connectivity index is 0.993. The third kappa shape index (κ3) is 6.53. The Morgan fingerprint density at radius 3 is 1.70 bits per heavy atom. The number of hydrogen-bond acceptors (Lipinski definition) is 4. The van der Waals surface area contributed by atoms with Gasteiger partial charge >= 0.3 is 0 Å². The molecule has 6 heteroatoms. The van der Waals surface area contributed by atoms with E-state index < -0.39 is 0 Å². The molecular formula is C64H41N5S. The number of para-hydroxylation sites is 5. The monoisotopic (exact) mass is 911 g/mol. The van der Waals surface area contributed by atoms with Crippen molar-refractivity contribution in [1.29, 1.82) is 0 Å². The van der Waals surface area contributed by atoms with Gasteiger partial charge in [-0.1, -0.05) is 164 Å². The topological polar surface area (TPSA) is 38.9 Å². The summed E-state index contributed by atoms with van der Waals surface area (Å²) in [5.41, 5.74) is 15.2. The van der Waals surface area contributed by atoms with Crippen molar-refractivity contribution in [3.05, 3.63) is 249 Å². The van der Waals surface area contributed by atoms with Crippen molar-refractivity contribution < 1.29 is 0 Å². The Kier molecular flexibility index (Phi) is 9.32. The Hall–Kier alpha value is -9.10. The van der Waals surface area contributed by atoms with Crippen LogP contribution in [-0.4, -0.2) is 19.1 Å². The van der Waals surface area contributed by atoms with E-state index in [1.807, 2.05) is 0 Å². The van der Waals surface area contributed by atoms with Crippen molar-refractivity contribution in [3.8, 4) is 44.5 Å². The van der Waals surface area contributed by atoms with E-state index in [0.29, 0.717) is 5.95 Å². The molecule has 4 heterocycles. The zero-order valence-electron chi connectivity index (χ0n) is 37.8. The molecule has 0 bridgehead atoms. The quantitative estimate of drug-likeness (QED) is 0.152. The Bertz CT molecular complexity index is 4230. The lowest BCUT2D eigenvalue weighted by atomic mass is 9.99. The van der Waals surface area contributed by atoms with Crippen LogP contribution in [0.5, 0.6) is 0 Å². The zero-order valence-corrected chi connectivity index (χ0v) is 38.6. The number of rotatable bonds is 8. The molecule has 328 valence electrons. The van der Waals surface area contributed by atoms with Crippen LogP contribution in [0.2, 0.25) is 0 Å². The van der Waals surface area contributed by atoms with Gasteiger partial charge in [-0.05, 0) is 107 Å². The maximum atomic E-state index is 5.63. The fraction of sp³-hybridized carbons (Fsp3) is 0. The highest BCUT2D eigenvalue weighted by molar-refractivity contribution is 7.22. The van der Waals surface area contributed by atoms with E-state index in [1.54, 1.807) is 11.3 Å². The molecule has 70 heavy (non-hydrogen) atoms. The van der Waals surface area contributed by atoms with Crippen LogP contribution >= 0.6 is 11.3 Å². The van der Waals surface area contributed by atoms with Crippen molar-refractivity contribution >= 4 is 93.0 Å². The van der Waals surface area contributed by atoms with Crippen LogP contribution in [0.4, 0.5) is 17.1 Å². The van der Waals surface area contributed by atoms with Crippen LogP contribution in [-0.2, 0) is 0 Å². The predicted octanol–water partition coefficient (Wildman–Crippen LogP) is 17.5. The molecule has 0 N–H and O–H groups in total. The molecule has 0 saturated carbocycles. The van der Waals surface area contributed by atoms with Crippen molar-refractivity contribution in [3.63, 3.8) is 0 Å². The molecule has 0 atom stereocenters. The van der Waals surface area contributed by atoms with Crippen molar-refractivity contribution in [2.45, 2.75) is 0 Å². The molecule has 0 radical (unpaired) electrons. The van der Waals surface area contributed by atoms with Gasteiger partial charge < -0.3 is 9.47 Å². The fourth-order valence-corrected chi connectivity index (χ4v) is 11.6. The van der Waals surface area contributed by atoms with E-state index in [-0.39, 0.29) is 0 Å². The minimum Gasteiger partial charge on any atom is -0.311 e. The van der Waals surface area contributed by atoms with E-state index in [4.69, 9.17) is 9.97 Å². The minimum atomic E-state index is 0.633. The molecule has 0 unspecified atom stereocenters. The van der Waals surface area contributed by atoms with Crippen LogP contribution in [0.15, 0.2) is 249 Å². The molecule has 0 saturated heterocycles. The lowest BCUT2D eigenvalue weighted by molar-refractivity contribution is 1.02. The molecule has 5 nitrogen and oxygen atoms in total. The van der Waals surface area contributed by atoms with E-state index in [9.17, 15) is 0 Å². The smallest absolute Gasteiger partial charge is 0.235 e. The van der Waals surface area contributed by atoms with Crippen LogP contribution in [0.1, 0.15) is 0 Å². The second-order valence-corrected chi connectivity index (χ2v) is 18.8. The number of anilines is 3. The summed E-state index contributed by atoms with van der Waals surface area (Å²) in [5.74, 6) is 0.633. The first-order chi connectivity index (χ1) is 34.7. The molecule has 0 aliphatic rings. The molecule has 0 aliphatic heterocycles. The van der Waals surface area contributed by atoms with Gasteiger partial charge in [0.25, 0.3) is 0 Å². The molecule has 4 aromatic heterocycles. The van der Waals surface area contributed by atoms with E-state index in [2.05, 4.69) is 263 Å². The van der Waals surface area contributed by atoms with Crippen LogP contribution < -0.4 is 4.90 Å². The first-order valence-corrected chi connectivity index (χ1v) is 24.5. The van der Waals surface area contributed by atoms with Gasteiger partial charge in [-0.3, -0.25) is 4.57 Å². The summed E-state index contributed by atoms with van der Waals surface area (Å²) in [6, 6.07) is 89.2. The Morgan fingerprint density at radius 1 is 0.371 bits per heavy atom. The summed E-state index contributed by atoms with van der Waals surface area (Å²) >= 11 is 1.75. The number of thiophene rings is 1. The molecule has 10 aromatic carbocycles. The molecule has 0 amide bonds. The van der Waals surface area contributed by atoms with E-state index >= 15 is 0 Å². The van der Waals surface area contributed by atoms with Crippen LogP contribution in [0.25, 0.3) is 109 Å². The first-order valence-electron chi connectivity index (χ1n) is 23.6. The average Bonchev–Trinajstić information content (AvgIpc) is 4.11. The summed E-state index contributed by atoms with van der Waals surface area (Å²) in [5, 5.41) is 7.11. The van der Waals surface area contributed by atoms with E-state index in [0.717, 1.165) is 87.4 Å². The number of aromatic nitrogens is 4. The maximum absolute atomic E-state index is 5.63. The predicted molar refractivity (Wildman–Crippen MR) is 295 cm³/mol. The summed E-state index contributed by atoms with van der Waals surface area (Å²) in [4.78, 5) is 14.6. The summed E-state index contributed by atoms with van der Waals surface area (Å²) < 4.78 is 5.75. The van der Waals surface area contributed by atoms with Gasteiger partial charge in [-0.2, -0.15) is 0 Å². The average molecular weight is 912 g/mol. The lowest BCUT2D eigenvalue weighted by Gasteiger charge is -2.25. The third-order valence-electron chi connectivity index (χ3n) is 13.7. The second kappa shape index (κ2) is 16.3. The lowest BCUT2D eigenvalue weighted by Crippen LogP contribution is -2.09. The molecular weight excluding hydrogens is 871 g/mol. The van der Waals surface area contributed by atoms with Gasteiger partial charge in [-0.25, -0.2) is 9.97 Å². The van der Waals surface area contributed by atoms with Gasteiger partial charge in [0, 0.05) is 60.3 Å². The molecule has 0 fully saturated rings. The van der Waals surface area contributed by atoms with Crippen LogP contribution in [0.3, 0.4) is 0 Å². The van der Waals surface area contributed by atoms with Gasteiger partial charge in [-0.15, -0.1) is 11.3 Å². The fourth-order valence-electron chi connectivity index (χ4n) is 10.5. The highest BCUT2D eigenvalue weighted by Gasteiger charge is 2.23. The highest BCUT2D eigenvalue weighted by atomic mass is 32.1. The van der Waals surface area contributed by atoms with Crippen molar-refractivity contribution in [2.75, 3.05) is 4.90 Å². The van der Waals surface area contributed by atoms with Crippen molar-refractivity contribution in [1.82, 2.24) is 19.1 Å². The normalized spacial score (nSPS) is 11.7. The standard InChI is InChI=1S/C64H41N5S/c1-5-18-42(19-6-1)60-41-56-63(70-60)61(43-32-35-50(36-33-43)67(47-22-7-2-8-23-47)48-24-9-3-10-25-48)66-64(65-56)69-58-37-34-46(39-54(58)55-38-44-20-13-14-21-45(44)40-59(55)69)51-29-17-30-53-52-28-15-16-31-57(52)68(62(51)53)49-26-11-4-12-27-49/h1-41H. The Morgan fingerprint density at radius 2 is 0.957 bits per heavy atom. The first kappa shape index (κ1) is 40.0. The highest BCUT2D eigenvalue weighted by Crippen LogP contribution is 2.44. The zero-order chi connectivity index (χ0) is 46.1. The maximum Gasteiger partial charge on any atom is 0.235 e. The summed E-state index contributed by atoms with van der Waals surface area (Å²) in [7, 11) is 0. The van der Waals surface area contributed by atoms with Gasteiger partial charge in [0.05, 0.1) is 38.0 Å².